The van der Waals surface area contributed by atoms with Gasteiger partial charge in [-0.3, -0.25) is 4.79 Å². The van der Waals surface area contributed by atoms with Gasteiger partial charge in [0.15, 0.2) is 0 Å². The summed E-state index contributed by atoms with van der Waals surface area (Å²) in [5.41, 5.74) is 0. The highest BCUT2D eigenvalue weighted by Gasteiger charge is 2.24. The third-order valence-electron chi connectivity index (χ3n) is 0.134. The molecule has 0 radical (unpaired) electrons. The molecule has 6 heavy (non-hydrogen) atoms. The molecule has 0 aromatic rings. The van der Waals surface area contributed by atoms with E-state index in [1.807, 2.05) is 0 Å². The first-order valence-electron chi connectivity index (χ1n) is 1.09. The van der Waals surface area contributed by atoms with Crippen molar-refractivity contribution in [3.8, 4) is 0 Å². The molecule has 0 saturated heterocycles. The second-order valence-electron chi connectivity index (χ2n) is 0.659. The van der Waals surface area contributed by atoms with Crippen LogP contribution in [0.15, 0.2) is 0 Å². The predicted octanol–water partition coefficient (Wildman–Crippen LogP) is 0.748. The fourth-order valence-electron chi connectivity index (χ4n) is 0. The van der Waals surface area contributed by atoms with Crippen LogP contribution in [-0.4, -0.2) is 12.5 Å². The van der Waals surface area contributed by atoms with Crippen molar-refractivity contribution in [3.63, 3.8) is 0 Å². The molecule has 0 aromatic heterocycles. The lowest BCUT2D eigenvalue weighted by Gasteiger charge is -1.87. The van der Waals surface area contributed by atoms with E-state index in [2.05, 4.69) is 0 Å². The minimum Gasteiger partial charge on any atom is -0.293 e. The molecule has 0 aromatic carbocycles. The van der Waals surface area contributed by atoms with Gasteiger partial charge in [-0.2, -0.15) is 13.2 Å². The Balaban J connectivity index is 3.45. The zero-order chi connectivity index (χ0) is 5.21. The summed E-state index contributed by atoms with van der Waals surface area (Å²) in [4.78, 5) is 8.70. The third kappa shape index (κ3) is 3.46. The monoisotopic (exact) mass is 99.0 g/mol. The van der Waals surface area contributed by atoms with Crippen LogP contribution in [0.2, 0.25) is 0 Å². The molecule has 0 rings (SSSR count). The maximum atomic E-state index is 10.4. The Bertz CT molecular complexity index is 54.3. The summed E-state index contributed by atoms with van der Waals surface area (Å²) in [7, 11) is 0. The number of carbonyl (C=O) groups is 1. The number of alkyl halides is 3. The van der Waals surface area contributed by atoms with Crippen molar-refractivity contribution in [1.29, 1.82) is 0 Å². The maximum absolute atomic E-state index is 10.4. The van der Waals surface area contributed by atoms with Crippen molar-refractivity contribution in [3.05, 3.63) is 0 Å². The van der Waals surface area contributed by atoms with Crippen molar-refractivity contribution in [2.24, 2.45) is 0 Å². The van der Waals surface area contributed by atoms with E-state index in [0.29, 0.717) is 0 Å². The van der Waals surface area contributed by atoms with E-state index in [1.165, 1.54) is 0 Å². The Morgan fingerprint density at radius 3 is 1.50 bits per heavy atom. The van der Waals surface area contributed by atoms with Crippen LogP contribution in [-0.2, 0) is 4.79 Å². The Hall–Kier alpha value is -0.540. The largest absolute Gasteiger partial charge is 0.446 e. The van der Waals surface area contributed by atoms with Crippen molar-refractivity contribution >= 4 is 6.29 Å². The van der Waals surface area contributed by atoms with Gasteiger partial charge in [0.05, 0.1) is 0 Å². The summed E-state index contributed by atoms with van der Waals surface area (Å²) < 4.78 is 31.2. The van der Waals surface area contributed by atoms with Crippen molar-refractivity contribution in [2.45, 2.75) is 6.18 Å². The van der Waals surface area contributed by atoms with Gasteiger partial charge < -0.3 is 0 Å². The highest BCUT2D eigenvalue weighted by molar-refractivity contribution is 5.56. The SMILES string of the molecule is O=[13CH]C(F)(F)F. The smallest absolute Gasteiger partial charge is 0.293 e. The minimum atomic E-state index is -4.64. The molecule has 36 valence electrons. The normalized spacial score (nSPS) is 11.2. The number of hydrogen-bond donors (Lipinski definition) is 0. The molecule has 0 aliphatic carbocycles. The summed E-state index contributed by atoms with van der Waals surface area (Å²) >= 11 is 0. The van der Waals surface area contributed by atoms with E-state index in [4.69, 9.17) is 4.79 Å². The van der Waals surface area contributed by atoms with Gasteiger partial charge in [-0.25, -0.2) is 0 Å². The lowest BCUT2D eigenvalue weighted by atomic mass is 11.1. The highest BCUT2D eigenvalue weighted by Crippen LogP contribution is 2.08. The number of halogens is 3. The van der Waals surface area contributed by atoms with Crippen molar-refractivity contribution < 1.29 is 18.0 Å². The summed E-state index contributed by atoms with van der Waals surface area (Å²) in [6.45, 7) is 0. The van der Waals surface area contributed by atoms with Gasteiger partial charge in [-0.15, -0.1) is 0 Å². The third-order valence-corrected chi connectivity index (χ3v) is 0.134. The first kappa shape index (κ1) is 5.46. The number of hydrogen-bond acceptors (Lipinski definition) is 1. The van der Waals surface area contributed by atoms with Crippen LogP contribution >= 0.6 is 0 Å². The lowest BCUT2D eigenvalue weighted by molar-refractivity contribution is -0.156. The average molecular weight is 99.0 g/mol. The van der Waals surface area contributed by atoms with Crippen LogP contribution in [0.25, 0.3) is 0 Å². The van der Waals surface area contributed by atoms with Gasteiger partial charge in [-0.1, -0.05) is 0 Å². The second kappa shape index (κ2) is 1.28. The van der Waals surface area contributed by atoms with Gasteiger partial charge in [-0.05, 0) is 0 Å². The Kier molecular flexibility index (Phi) is 1.16. The fourth-order valence-corrected chi connectivity index (χ4v) is 0. The van der Waals surface area contributed by atoms with E-state index < -0.39 is 12.5 Å². The quantitative estimate of drug-likeness (QED) is 0.323. The Labute approximate surface area is 31.8 Å². The zero-order valence-corrected chi connectivity index (χ0v) is 2.62. The molecule has 0 heterocycles. The van der Waals surface area contributed by atoms with Gasteiger partial charge in [0, 0.05) is 0 Å². The standard InChI is InChI=1S/C2HF3O/c3-2(4,5)1-6/h1H/i1+1. The van der Waals surface area contributed by atoms with E-state index in [0.717, 1.165) is 0 Å². The fraction of sp³-hybridized carbons (Fsp3) is 0.500. The van der Waals surface area contributed by atoms with E-state index in [-0.39, 0.29) is 0 Å². The van der Waals surface area contributed by atoms with Gasteiger partial charge in [0.25, 0.3) is 0 Å². The van der Waals surface area contributed by atoms with Crippen molar-refractivity contribution in [2.75, 3.05) is 0 Å². The summed E-state index contributed by atoms with van der Waals surface area (Å²) in [6.07, 6.45) is -5.70. The molecular formula is C2HF3O. The number of carbonyl (C=O) groups excluding carboxylic acids is 1. The molecule has 0 atom stereocenters. The molecule has 0 fully saturated rings. The second-order valence-corrected chi connectivity index (χ2v) is 0.659. The van der Waals surface area contributed by atoms with Crippen LogP contribution in [0, 0.1) is 0 Å². The van der Waals surface area contributed by atoms with Gasteiger partial charge in [0.1, 0.15) is 0 Å². The molecule has 1 nitrogen and oxygen atoms in total. The van der Waals surface area contributed by atoms with E-state index in [1.54, 1.807) is 0 Å². The molecule has 4 heteroatoms. The Morgan fingerprint density at radius 2 is 1.50 bits per heavy atom. The van der Waals surface area contributed by atoms with Crippen molar-refractivity contribution in [1.82, 2.24) is 0 Å². The lowest BCUT2D eigenvalue weighted by Crippen LogP contribution is -2.07. The van der Waals surface area contributed by atoms with E-state index in [9.17, 15) is 13.2 Å². The molecule has 0 saturated carbocycles. The summed E-state index contributed by atoms with van der Waals surface area (Å²) in [5.74, 6) is 0. The van der Waals surface area contributed by atoms with Crippen LogP contribution < -0.4 is 0 Å². The summed E-state index contributed by atoms with van der Waals surface area (Å²) in [6, 6.07) is 0. The highest BCUT2D eigenvalue weighted by atomic mass is 19.4. The van der Waals surface area contributed by atoms with Crippen LogP contribution in [0.3, 0.4) is 0 Å². The summed E-state index contributed by atoms with van der Waals surface area (Å²) in [5, 5.41) is 0. The Morgan fingerprint density at radius 1 is 1.33 bits per heavy atom. The molecule has 0 aliphatic rings. The first-order valence-corrected chi connectivity index (χ1v) is 1.09. The molecule has 0 bridgehead atoms. The van der Waals surface area contributed by atoms with Gasteiger partial charge >= 0.3 is 6.18 Å². The predicted molar refractivity (Wildman–Crippen MR) is 12.1 cm³/mol. The van der Waals surface area contributed by atoms with E-state index >= 15 is 0 Å². The van der Waals surface area contributed by atoms with Crippen LogP contribution in [0.4, 0.5) is 13.2 Å². The number of rotatable bonds is 0. The maximum Gasteiger partial charge on any atom is 0.446 e. The minimum absolute atomic E-state index is 1.06. The van der Waals surface area contributed by atoms with Gasteiger partial charge in [0.2, 0.25) is 6.29 Å². The molecular weight excluding hydrogens is 98.0 g/mol. The molecule has 0 aliphatic heterocycles. The molecule has 0 unspecified atom stereocenters. The first-order chi connectivity index (χ1) is 2.56. The molecule has 0 spiro atoms. The van der Waals surface area contributed by atoms with Crippen LogP contribution in [0.5, 0.6) is 0 Å². The average Bonchev–Trinajstić information content (AvgIpc) is 1.35. The number of aldehydes is 1. The zero-order valence-electron chi connectivity index (χ0n) is 2.62. The topological polar surface area (TPSA) is 17.1 Å². The van der Waals surface area contributed by atoms with Crippen LogP contribution in [0.1, 0.15) is 0 Å². The molecule has 0 N–H and O–H groups in total. The molecule has 0 amide bonds.